The number of rotatable bonds is 2. The molecule has 0 bridgehead atoms. The maximum absolute atomic E-state index is 8.30. The quantitative estimate of drug-likeness (QED) is 0.410. The van der Waals surface area contributed by atoms with Crippen LogP contribution in [-0.2, 0) is 0 Å². The Bertz CT molecular complexity index is 262. The van der Waals surface area contributed by atoms with Crippen LogP contribution >= 0.6 is 11.3 Å². The van der Waals surface area contributed by atoms with Crippen LogP contribution in [0.15, 0.2) is 28.7 Å². The lowest BCUT2D eigenvalue weighted by atomic mass is 10.3. The zero-order valence-electron chi connectivity index (χ0n) is 6.19. The minimum atomic E-state index is 0.610. The van der Waals surface area contributed by atoms with Crippen molar-refractivity contribution in [1.82, 2.24) is 0 Å². The Kier molecular flexibility index (Phi) is 2.86. The van der Waals surface area contributed by atoms with Crippen molar-refractivity contribution in [2.24, 2.45) is 5.16 Å². The van der Waals surface area contributed by atoms with Crippen molar-refractivity contribution in [3.05, 3.63) is 28.5 Å². The van der Waals surface area contributed by atoms with Crippen molar-refractivity contribution < 1.29 is 5.21 Å². The van der Waals surface area contributed by atoms with E-state index < -0.39 is 0 Å². The molecule has 1 rings (SSSR count). The fourth-order valence-electron chi connectivity index (χ4n) is 0.622. The molecule has 0 aliphatic carbocycles. The summed E-state index contributed by atoms with van der Waals surface area (Å²) in [5.41, 5.74) is 0.610. The first-order valence-electron chi connectivity index (χ1n) is 3.23. The molecule has 0 radical (unpaired) electrons. The highest BCUT2D eigenvalue weighted by atomic mass is 32.1. The van der Waals surface area contributed by atoms with Gasteiger partial charge in [-0.2, -0.15) is 0 Å². The zero-order valence-corrected chi connectivity index (χ0v) is 7.01. The van der Waals surface area contributed by atoms with Gasteiger partial charge in [-0.3, -0.25) is 0 Å². The SMILES string of the molecule is CC(/C=C/c1cccs1)=N\O. The third-order valence-corrected chi connectivity index (χ3v) is 2.03. The first-order valence-corrected chi connectivity index (χ1v) is 4.11. The summed E-state index contributed by atoms with van der Waals surface area (Å²) < 4.78 is 0. The Hall–Kier alpha value is -1.09. The van der Waals surface area contributed by atoms with Crippen molar-refractivity contribution in [2.45, 2.75) is 6.92 Å². The second kappa shape index (κ2) is 3.93. The maximum atomic E-state index is 8.30. The Labute approximate surface area is 69.5 Å². The third kappa shape index (κ3) is 2.55. The zero-order chi connectivity index (χ0) is 8.10. The van der Waals surface area contributed by atoms with Crippen molar-refractivity contribution in [2.75, 3.05) is 0 Å². The lowest BCUT2D eigenvalue weighted by molar-refractivity contribution is 0.319. The van der Waals surface area contributed by atoms with E-state index in [0.717, 1.165) is 4.88 Å². The highest BCUT2D eigenvalue weighted by Gasteiger charge is 1.85. The Morgan fingerprint density at radius 3 is 3.09 bits per heavy atom. The van der Waals surface area contributed by atoms with Crippen molar-refractivity contribution in [3.63, 3.8) is 0 Å². The minimum absolute atomic E-state index is 0.610. The van der Waals surface area contributed by atoms with Crippen LogP contribution in [-0.4, -0.2) is 10.9 Å². The third-order valence-electron chi connectivity index (χ3n) is 1.19. The minimum Gasteiger partial charge on any atom is -0.411 e. The van der Waals surface area contributed by atoms with E-state index >= 15 is 0 Å². The molecule has 1 aromatic rings. The van der Waals surface area contributed by atoms with Gasteiger partial charge in [0.2, 0.25) is 0 Å². The van der Waals surface area contributed by atoms with E-state index in [1.807, 2.05) is 23.6 Å². The highest BCUT2D eigenvalue weighted by Crippen LogP contribution is 2.09. The van der Waals surface area contributed by atoms with Crippen LogP contribution in [0.5, 0.6) is 0 Å². The van der Waals surface area contributed by atoms with E-state index in [2.05, 4.69) is 5.16 Å². The number of hydrogen-bond acceptors (Lipinski definition) is 3. The summed E-state index contributed by atoms with van der Waals surface area (Å²) in [5, 5.41) is 13.3. The summed E-state index contributed by atoms with van der Waals surface area (Å²) in [6.07, 6.45) is 3.69. The highest BCUT2D eigenvalue weighted by molar-refractivity contribution is 7.10. The standard InChI is InChI=1S/C8H9NOS/c1-7(9-10)4-5-8-3-2-6-11-8/h2-6,10H,1H3/b5-4+,9-7+. The van der Waals surface area contributed by atoms with Crippen LogP contribution in [0.3, 0.4) is 0 Å². The molecule has 3 heteroatoms. The molecule has 0 aromatic carbocycles. The van der Waals surface area contributed by atoms with Crippen LogP contribution in [0.25, 0.3) is 6.08 Å². The van der Waals surface area contributed by atoms with E-state index in [4.69, 9.17) is 5.21 Å². The van der Waals surface area contributed by atoms with Gasteiger partial charge in [-0.05, 0) is 30.5 Å². The molecule has 0 spiro atoms. The number of hydrogen-bond donors (Lipinski definition) is 1. The second-order valence-electron chi connectivity index (χ2n) is 2.09. The molecule has 2 nitrogen and oxygen atoms in total. The molecule has 0 saturated heterocycles. The van der Waals surface area contributed by atoms with Crippen molar-refractivity contribution >= 4 is 23.1 Å². The Morgan fingerprint density at radius 1 is 1.73 bits per heavy atom. The molecule has 1 heterocycles. The van der Waals surface area contributed by atoms with Crippen LogP contribution in [0.1, 0.15) is 11.8 Å². The van der Waals surface area contributed by atoms with Crippen molar-refractivity contribution in [1.29, 1.82) is 0 Å². The van der Waals surface area contributed by atoms with Gasteiger partial charge in [0, 0.05) is 4.88 Å². The number of allylic oxidation sites excluding steroid dienone is 1. The topological polar surface area (TPSA) is 32.6 Å². The molecule has 0 atom stereocenters. The molecule has 0 amide bonds. The average molecular weight is 167 g/mol. The van der Waals surface area contributed by atoms with Crippen LogP contribution in [0, 0.1) is 0 Å². The molecule has 0 aliphatic rings. The monoisotopic (exact) mass is 167 g/mol. The van der Waals surface area contributed by atoms with E-state index in [1.54, 1.807) is 24.3 Å². The normalized spacial score (nSPS) is 12.6. The number of thiophene rings is 1. The Morgan fingerprint density at radius 2 is 2.55 bits per heavy atom. The van der Waals surface area contributed by atoms with Gasteiger partial charge in [0.1, 0.15) is 0 Å². The fraction of sp³-hybridized carbons (Fsp3) is 0.125. The first-order chi connectivity index (χ1) is 5.33. The van der Waals surface area contributed by atoms with Gasteiger partial charge in [0.05, 0.1) is 5.71 Å². The van der Waals surface area contributed by atoms with Gasteiger partial charge in [-0.1, -0.05) is 11.2 Å². The van der Waals surface area contributed by atoms with Gasteiger partial charge in [0.15, 0.2) is 0 Å². The molecule has 0 unspecified atom stereocenters. The van der Waals surface area contributed by atoms with E-state index in [9.17, 15) is 0 Å². The van der Waals surface area contributed by atoms with Gasteiger partial charge in [-0.25, -0.2) is 0 Å². The van der Waals surface area contributed by atoms with E-state index in [0.29, 0.717) is 5.71 Å². The molecule has 11 heavy (non-hydrogen) atoms. The first kappa shape index (κ1) is 8.01. The molecule has 0 fully saturated rings. The predicted molar refractivity (Wildman–Crippen MR) is 48.2 cm³/mol. The molecule has 1 aromatic heterocycles. The van der Waals surface area contributed by atoms with Gasteiger partial charge < -0.3 is 5.21 Å². The summed E-state index contributed by atoms with van der Waals surface area (Å²) in [6.45, 7) is 1.74. The lowest BCUT2D eigenvalue weighted by Gasteiger charge is -1.83. The Balaban J connectivity index is 2.63. The summed E-state index contributed by atoms with van der Waals surface area (Å²) >= 11 is 1.65. The number of nitrogens with zero attached hydrogens (tertiary/aromatic N) is 1. The van der Waals surface area contributed by atoms with E-state index in [-0.39, 0.29) is 0 Å². The summed E-state index contributed by atoms with van der Waals surface area (Å²) in [7, 11) is 0. The summed E-state index contributed by atoms with van der Waals surface area (Å²) in [6, 6.07) is 3.99. The smallest absolute Gasteiger partial charge is 0.0765 e. The van der Waals surface area contributed by atoms with Crippen LogP contribution in [0.4, 0.5) is 0 Å². The maximum Gasteiger partial charge on any atom is 0.0765 e. The molecule has 1 N–H and O–H groups in total. The van der Waals surface area contributed by atoms with Gasteiger partial charge in [0.25, 0.3) is 0 Å². The average Bonchev–Trinajstić information content (AvgIpc) is 2.52. The largest absolute Gasteiger partial charge is 0.411 e. The lowest BCUT2D eigenvalue weighted by Crippen LogP contribution is -1.80. The van der Waals surface area contributed by atoms with Gasteiger partial charge >= 0.3 is 0 Å². The molecular weight excluding hydrogens is 158 g/mol. The molecule has 58 valence electrons. The van der Waals surface area contributed by atoms with E-state index in [1.165, 1.54) is 0 Å². The molecule has 0 saturated carbocycles. The summed E-state index contributed by atoms with van der Waals surface area (Å²) in [5.74, 6) is 0. The summed E-state index contributed by atoms with van der Waals surface area (Å²) in [4.78, 5) is 1.16. The fourth-order valence-corrected chi connectivity index (χ4v) is 1.24. The predicted octanol–water partition coefficient (Wildman–Crippen LogP) is 2.61. The second-order valence-corrected chi connectivity index (χ2v) is 3.07. The molecule has 0 aliphatic heterocycles. The molecular formula is C8H9NOS. The van der Waals surface area contributed by atoms with Crippen LogP contribution in [0.2, 0.25) is 0 Å². The number of oxime groups is 1. The van der Waals surface area contributed by atoms with Crippen LogP contribution < -0.4 is 0 Å². The van der Waals surface area contributed by atoms with Gasteiger partial charge in [-0.15, -0.1) is 11.3 Å². The van der Waals surface area contributed by atoms with Crippen molar-refractivity contribution in [3.8, 4) is 0 Å².